The maximum atomic E-state index is 3.57. The summed E-state index contributed by atoms with van der Waals surface area (Å²) in [6.07, 6.45) is 11.8. The maximum absolute atomic E-state index is 3.57. The van der Waals surface area contributed by atoms with Gasteiger partial charge in [0.15, 0.2) is 0 Å². The Bertz CT molecular complexity index is 212. The fourth-order valence-corrected chi connectivity index (χ4v) is 1.93. The van der Waals surface area contributed by atoms with Crippen LogP contribution in [0.1, 0.15) is 25.7 Å². The highest BCUT2D eigenvalue weighted by Crippen LogP contribution is 2.10. The molecule has 0 aromatic heterocycles. The lowest BCUT2D eigenvalue weighted by Gasteiger charge is -2.25. The molecule has 2 heteroatoms. The van der Waals surface area contributed by atoms with Crippen molar-refractivity contribution in [3.05, 3.63) is 23.9 Å². The molecule has 2 rings (SSSR count). The zero-order valence-corrected chi connectivity index (χ0v) is 8.05. The fraction of sp³-hybridized carbons (Fsp3) is 0.636. The van der Waals surface area contributed by atoms with Crippen LogP contribution in [0.25, 0.3) is 0 Å². The highest BCUT2D eigenvalue weighted by molar-refractivity contribution is 5.21. The Morgan fingerprint density at radius 2 is 2.38 bits per heavy atom. The molecule has 1 aliphatic carbocycles. The molecule has 0 radical (unpaired) electrons. The van der Waals surface area contributed by atoms with E-state index in [4.69, 9.17) is 0 Å². The van der Waals surface area contributed by atoms with E-state index in [1.807, 2.05) is 0 Å². The standard InChI is InChI=1S/C11H18N2/c1-2-5-10(6-3-1)13-11-7-4-8-12-9-11/h2,5-6,11-13H,1,3-4,7-9H2. The molecule has 1 unspecified atom stereocenters. The van der Waals surface area contributed by atoms with Gasteiger partial charge in [0.25, 0.3) is 0 Å². The molecular formula is C11H18N2. The third kappa shape index (κ3) is 2.59. The molecule has 1 fully saturated rings. The van der Waals surface area contributed by atoms with E-state index in [-0.39, 0.29) is 0 Å². The summed E-state index contributed by atoms with van der Waals surface area (Å²) in [4.78, 5) is 0. The lowest BCUT2D eigenvalue weighted by atomic mass is 10.1. The van der Waals surface area contributed by atoms with E-state index in [2.05, 4.69) is 28.9 Å². The van der Waals surface area contributed by atoms with Crippen LogP contribution in [0.2, 0.25) is 0 Å². The molecule has 2 nitrogen and oxygen atoms in total. The van der Waals surface area contributed by atoms with Crippen molar-refractivity contribution in [3.8, 4) is 0 Å². The molecule has 1 saturated heterocycles. The Balaban J connectivity index is 1.82. The van der Waals surface area contributed by atoms with Gasteiger partial charge in [-0.15, -0.1) is 0 Å². The van der Waals surface area contributed by atoms with Crippen molar-refractivity contribution in [1.29, 1.82) is 0 Å². The van der Waals surface area contributed by atoms with Crippen LogP contribution in [0.4, 0.5) is 0 Å². The molecule has 0 bridgehead atoms. The van der Waals surface area contributed by atoms with Gasteiger partial charge in [-0.05, 0) is 38.3 Å². The average Bonchev–Trinajstić information content (AvgIpc) is 2.21. The minimum atomic E-state index is 0.641. The fourth-order valence-electron chi connectivity index (χ4n) is 1.93. The molecule has 0 saturated carbocycles. The van der Waals surface area contributed by atoms with Crippen molar-refractivity contribution in [3.63, 3.8) is 0 Å². The summed E-state index contributed by atoms with van der Waals surface area (Å²) in [5.74, 6) is 0. The molecule has 0 aromatic rings. The van der Waals surface area contributed by atoms with Gasteiger partial charge in [0.05, 0.1) is 0 Å². The Labute approximate surface area is 80.1 Å². The zero-order valence-electron chi connectivity index (χ0n) is 8.05. The molecule has 1 aliphatic heterocycles. The maximum Gasteiger partial charge on any atom is 0.0386 e. The summed E-state index contributed by atoms with van der Waals surface area (Å²) >= 11 is 0. The van der Waals surface area contributed by atoms with Gasteiger partial charge in [-0.25, -0.2) is 0 Å². The summed E-state index contributed by atoms with van der Waals surface area (Å²) in [5.41, 5.74) is 1.32. The van der Waals surface area contributed by atoms with Crippen molar-refractivity contribution >= 4 is 0 Å². The van der Waals surface area contributed by atoms with Crippen LogP contribution in [-0.2, 0) is 0 Å². The first-order valence-electron chi connectivity index (χ1n) is 5.29. The average molecular weight is 178 g/mol. The first-order chi connectivity index (χ1) is 6.45. The number of hydrogen-bond donors (Lipinski definition) is 2. The van der Waals surface area contributed by atoms with E-state index in [0.29, 0.717) is 6.04 Å². The van der Waals surface area contributed by atoms with Gasteiger partial charge in [-0.3, -0.25) is 0 Å². The van der Waals surface area contributed by atoms with Crippen LogP contribution in [0.3, 0.4) is 0 Å². The topological polar surface area (TPSA) is 24.1 Å². The molecule has 72 valence electrons. The number of hydrogen-bond acceptors (Lipinski definition) is 2. The van der Waals surface area contributed by atoms with Crippen molar-refractivity contribution in [2.75, 3.05) is 13.1 Å². The monoisotopic (exact) mass is 178 g/mol. The molecular weight excluding hydrogens is 160 g/mol. The predicted molar refractivity (Wildman–Crippen MR) is 55.5 cm³/mol. The van der Waals surface area contributed by atoms with Gasteiger partial charge >= 0.3 is 0 Å². The normalized spacial score (nSPS) is 28.3. The Kier molecular flexibility index (Phi) is 3.03. The summed E-state index contributed by atoms with van der Waals surface area (Å²) in [5, 5.41) is 6.98. The van der Waals surface area contributed by atoms with Crippen molar-refractivity contribution in [2.24, 2.45) is 0 Å². The van der Waals surface area contributed by atoms with E-state index >= 15 is 0 Å². The number of piperidine rings is 1. The Morgan fingerprint density at radius 1 is 1.38 bits per heavy atom. The molecule has 1 atom stereocenters. The molecule has 1 heterocycles. The van der Waals surface area contributed by atoms with Gasteiger partial charge < -0.3 is 10.6 Å². The van der Waals surface area contributed by atoms with E-state index in [1.54, 1.807) is 0 Å². The van der Waals surface area contributed by atoms with E-state index in [1.165, 1.54) is 37.9 Å². The van der Waals surface area contributed by atoms with Gasteiger partial charge in [0.1, 0.15) is 0 Å². The smallest absolute Gasteiger partial charge is 0.0386 e. The lowest BCUT2D eigenvalue weighted by molar-refractivity contribution is 0.416. The van der Waals surface area contributed by atoms with Crippen molar-refractivity contribution < 1.29 is 0 Å². The first-order valence-corrected chi connectivity index (χ1v) is 5.29. The summed E-state index contributed by atoms with van der Waals surface area (Å²) in [7, 11) is 0. The summed E-state index contributed by atoms with van der Waals surface area (Å²) < 4.78 is 0. The second-order valence-corrected chi connectivity index (χ2v) is 3.83. The first kappa shape index (κ1) is 8.82. The Hall–Kier alpha value is -0.760. The Morgan fingerprint density at radius 3 is 3.08 bits per heavy atom. The van der Waals surface area contributed by atoms with Crippen LogP contribution in [0.5, 0.6) is 0 Å². The molecule has 0 spiro atoms. The van der Waals surface area contributed by atoms with Crippen LogP contribution in [0, 0.1) is 0 Å². The van der Waals surface area contributed by atoms with E-state index in [9.17, 15) is 0 Å². The van der Waals surface area contributed by atoms with Crippen LogP contribution >= 0.6 is 0 Å². The molecule has 0 aromatic carbocycles. The van der Waals surface area contributed by atoms with Crippen molar-refractivity contribution in [1.82, 2.24) is 10.6 Å². The van der Waals surface area contributed by atoms with Gasteiger partial charge in [-0.2, -0.15) is 0 Å². The molecule has 2 aliphatic rings. The molecule has 0 amide bonds. The van der Waals surface area contributed by atoms with Crippen molar-refractivity contribution in [2.45, 2.75) is 31.7 Å². The van der Waals surface area contributed by atoms with Crippen LogP contribution < -0.4 is 10.6 Å². The SMILES string of the molecule is C1=CC(NC2CCCNC2)=CCC1. The van der Waals surface area contributed by atoms with E-state index in [0.717, 1.165) is 6.54 Å². The van der Waals surface area contributed by atoms with E-state index < -0.39 is 0 Å². The minimum Gasteiger partial charge on any atom is -0.381 e. The highest BCUT2D eigenvalue weighted by atomic mass is 15.0. The largest absolute Gasteiger partial charge is 0.381 e. The van der Waals surface area contributed by atoms with Crippen LogP contribution in [0.15, 0.2) is 23.9 Å². The number of rotatable bonds is 2. The van der Waals surface area contributed by atoms with Crippen LogP contribution in [-0.4, -0.2) is 19.1 Å². The summed E-state index contributed by atoms with van der Waals surface area (Å²) in [6, 6.07) is 0.641. The zero-order chi connectivity index (χ0) is 8.93. The molecule has 2 N–H and O–H groups in total. The van der Waals surface area contributed by atoms with Gasteiger partial charge in [-0.1, -0.05) is 12.2 Å². The molecule has 13 heavy (non-hydrogen) atoms. The number of allylic oxidation sites excluding steroid dienone is 3. The third-order valence-electron chi connectivity index (χ3n) is 2.66. The highest BCUT2D eigenvalue weighted by Gasteiger charge is 2.12. The third-order valence-corrected chi connectivity index (χ3v) is 2.66. The predicted octanol–water partition coefficient (Wildman–Crippen LogP) is 1.56. The number of nitrogens with one attached hydrogen (secondary N) is 2. The van der Waals surface area contributed by atoms with Gasteiger partial charge in [0.2, 0.25) is 0 Å². The lowest BCUT2D eigenvalue weighted by Crippen LogP contribution is -2.42. The van der Waals surface area contributed by atoms with Gasteiger partial charge in [0, 0.05) is 18.3 Å². The minimum absolute atomic E-state index is 0.641. The second-order valence-electron chi connectivity index (χ2n) is 3.83. The second kappa shape index (κ2) is 4.47. The summed E-state index contributed by atoms with van der Waals surface area (Å²) in [6.45, 7) is 2.30. The quantitative estimate of drug-likeness (QED) is 0.670.